The molecule has 256 valence electrons. The van der Waals surface area contributed by atoms with Crippen LogP contribution in [0.2, 0.25) is 0 Å². The Morgan fingerprint density at radius 1 is 0.959 bits per heavy atom. The van der Waals surface area contributed by atoms with Crippen molar-refractivity contribution in [2.45, 2.75) is 90.6 Å². The Labute approximate surface area is 298 Å². The van der Waals surface area contributed by atoms with Gasteiger partial charge in [0.25, 0.3) is 0 Å². The minimum atomic E-state index is -0.0443. The first-order valence-electron chi connectivity index (χ1n) is 18.2. The van der Waals surface area contributed by atoms with Crippen LogP contribution in [0, 0.1) is 39.0 Å². The van der Waals surface area contributed by atoms with E-state index in [0.717, 1.165) is 42.8 Å². The summed E-state index contributed by atoms with van der Waals surface area (Å²) in [5.74, 6) is 2.46. The second-order valence-electron chi connectivity index (χ2n) is 15.3. The molecular formula is C44H53N2O2S+. The zero-order chi connectivity index (χ0) is 34.3. The minimum absolute atomic E-state index is 0.0443. The van der Waals surface area contributed by atoms with Crippen molar-refractivity contribution < 1.29 is 14.4 Å². The highest BCUT2D eigenvalue weighted by Crippen LogP contribution is 2.45. The first-order chi connectivity index (χ1) is 23.6. The fraction of sp³-hybridized carbons (Fsp3) is 0.409. The smallest absolute Gasteiger partial charge is 0.176 e. The van der Waals surface area contributed by atoms with Crippen molar-refractivity contribution in [1.82, 2.24) is 0 Å². The number of nitrogens with one attached hydrogen (secondary N) is 1. The number of benzene rings is 4. The van der Waals surface area contributed by atoms with Gasteiger partial charge < -0.3 is 14.4 Å². The molecule has 1 fully saturated rings. The molecule has 0 radical (unpaired) electrons. The molecule has 1 aliphatic carbocycles. The molecule has 4 unspecified atom stereocenters. The number of rotatable bonds is 9. The van der Waals surface area contributed by atoms with Gasteiger partial charge in [-0.1, -0.05) is 79.7 Å². The molecule has 0 aromatic heterocycles. The van der Waals surface area contributed by atoms with Crippen molar-refractivity contribution in [3.63, 3.8) is 0 Å². The molecule has 1 saturated carbocycles. The quantitative estimate of drug-likeness (QED) is 0.179. The van der Waals surface area contributed by atoms with Crippen molar-refractivity contribution in [3.05, 3.63) is 113 Å². The van der Waals surface area contributed by atoms with Crippen LogP contribution in [0.5, 0.6) is 11.5 Å². The molecule has 3 aliphatic rings. The number of likely N-dealkylation sites (N-methyl/N-ethyl adjacent to an activating group) is 1. The van der Waals surface area contributed by atoms with Gasteiger partial charge in [0.15, 0.2) is 11.6 Å². The second-order valence-corrected chi connectivity index (χ2v) is 16.5. The summed E-state index contributed by atoms with van der Waals surface area (Å²) in [4.78, 5) is 5.47. The fourth-order valence-electron chi connectivity index (χ4n) is 8.24. The summed E-state index contributed by atoms with van der Waals surface area (Å²) in [7, 11) is 0. The summed E-state index contributed by atoms with van der Waals surface area (Å²) in [6.45, 7) is 18.5. The van der Waals surface area contributed by atoms with Gasteiger partial charge in [-0.2, -0.15) is 0 Å². The molecule has 4 atom stereocenters. The first kappa shape index (κ1) is 33.8. The number of hydrogen-bond acceptors (Lipinski definition) is 4. The van der Waals surface area contributed by atoms with E-state index in [0.29, 0.717) is 17.9 Å². The predicted molar refractivity (Wildman–Crippen MR) is 207 cm³/mol. The third-order valence-corrected chi connectivity index (χ3v) is 12.2. The summed E-state index contributed by atoms with van der Waals surface area (Å²) in [6, 6.07) is 24.1. The number of thioether (sulfide) groups is 1. The van der Waals surface area contributed by atoms with Crippen molar-refractivity contribution >= 4 is 33.9 Å². The molecule has 4 nitrogen and oxygen atoms in total. The number of anilines is 1. The number of hydrogen-bond donors (Lipinski definition) is 1. The largest absolute Gasteiger partial charge is 0.491 e. The number of nitrogens with zero attached hydrogens (tertiary/aromatic N) is 1. The van der Waals surface area contributed by atoms with E-state index in [9.17, 15) is 0 Å². The first-order valence-corrected chi connectivity index (χ1v) is 19.1. The summed E-state index contributed by atoms with van der Waals surface area (Å²) in [5, 5.41) is 2.81. The molecule has 49 heavy (non-hydrogen) atoms. The number of aryl methyl sites for hydroxylation is 4. The van der Waals surface area contributed by atoms with Gasteiger partial charge in [-0.15, -0.1) is 0 Å². The van der Waals surface area contributed by atoms with Gasteiger partial charge in [0.1, 0.15) is 23.8 Å². The number of ether oxygens (including phenoxy) is 2. The van der Waals surface area contributed by atoms with Gasteiger partial charge in [0, 0.05) is 17.9 Å². The SMILES string of the molecule is CC[NH+]1c2cc(C)c(C)cc2SC1C=C1CC(C=CCC2Oc3cc(C)c(C)cc3N2CCOc2cccc3ccccc23)CC(C)(C)C1. The van der Waals surface area contributed by atoms with E-state index < -0.39 is 0 Å². The lowest BCUT2D eigenvalue weighted by atomic mass is 9.70. The van der Waals surface area contributed by atoms with Crippen LogP contribution in [0.3, 0.4) is 0 Å². The number of fused-ring (bicyclic) bond motifs is 3. The van der Waals surface area contributed by atoms with E-state index in [-0.39, 0.29) is 11.6 Å². The highest BCUT2D eigenvalue weighted by molar-refractivity contribution is 8.00. The Hall–Kier alpha value is -3.67. The van der Waals surface area contributed by atoms with Crippen LogP contribution in [0.15, 0.2) is 95.4 Å². The summed E-state index contributed by atoms with van der Waals surface area (Å²) in [5.41, 5.74) is 9.93. The molecule has 5 heteroatoms. The number of quaternary nitrogens is 1. The standard InChI is InChI=1S/C44H52N2O2S/c1-8-45-38-22-30(3)32(5)24-41(38)49-43(45)26-34-25-33(27-44(6,7)28-34)13-11-18-42-46(37-21-29(2)31(4)23-40(37)48-42)19-20-47-39-17-12-15-35-14-9-10-16-36(35)39/h9-17,21-24,26,33,42-43H,8,18-20,25,27-28H2,1-7H3/p+1. The molecule has 7 rings (SSSR count). The summed E-state index contributed by atoms with van der Waals surface area (Å²) >= 11 is 2.06. The van der Waals surface area contributed by atoms with Gasteiger partial charge in [-0.05, 0) is 123 Å². The van der Waals surface area contributed by atoms with Gasteiger partial charge in [0.2, 0.25) is 0 Å². The van der Waals surface area contributed by atoms with E-state index in [1.807, 2.05) is 0 Å². The van der Waals surface area contributed by atoms with Gasteiger partial charge >= 0.3 is 0 Å². The van der Waals surface area contributed by atoms with E-state index in [4.69, 9.17) is 9.47 Å². The molecule has 4 aromatic carbocycles. The molecule has 0 saturated heterocycles. The maximum absolute atomic E-state index is 6.64. The lowest BCUT2D eigenvalue weighted by Crippen LogP contribution is -3.08. The molecule has 2 aliphatic heterocycles. The zero-order valence-electron chi connectivity index (χ0n) is 30.4. The predicted octanol–water partition coefficient (Wildman–Crippen LogP) is 10.0. The average Bonchev–Trinajstić information content (AvgIpc) is 3.56. The summed E-state index contributed by atoms with van der Waals surface area (Å²) < 4.78 is 13.1. The summed E-state index contributed by atoms with van der Waals surface area (Å²) in [6.07, 6.45) is 11.9. The van der Waals surface area contributed by atoms with E-state index in [2.05, 4.69) is 150 Å². The van der Waals surface area contributed by atoms with E-state index in [1.165, 1.54) is 56.8 Å². The van der Waals surface area contributed by atoms with E-state index in [1.54, 1.807) is 10.5 Å². The van der Waals surface area contributed by atoms with Crippen LogP contribution in [0.4, 0.5) is 11.4 Å². The monoisotopic (exact) mass is 673 g/mol. The van der Waals surface area contributed by atoms with Gasteiger partial charge in [0.05, 0.1) is 23.7 Å². The van der Waals surface area contributed by atoms with Crippen molar-refractivity contribution in [1.29, 1.82) is 0 Å². The highest BCUT2D eigenvalue weighted by atomic mass is 32.2. The maximum Gasteiger partial charge on any atom is 0.176 e. The van der Waals surface area contributed by atoms with Gasteiger partial charge in [-0.3, -0.25) is 4.90 Å². The minimum Gasteiger partial charge on any atom is -0.491 e. The van der Waals surface area contributed by atoms with Crippen LogP contribution >= 0.6 is 11.8 Å². The van der Waals surface area contributed by atoms with Crippen LogP contribution in [-0.2, 0) is 0 Å². The Balaban J connectivity index is 1.04. The second kappa shape index (κ2) is 13.9. The van der Waals surface area contributed by atoms with E-state index >= 15 is 0 Å². The topological polar surface area (TPSA) is 26.1 Å². The zero-order valence-corrected chi connectivity index (χ0v) is 31.3. The third-order valence-electron chi connectivity index (χ3n) is 10.9. The third kappa shape index (κ3) is 7.16. The normalized spacial score (nSPS) is 23.7. The molecule has 0 bridgehead atoms. The van der Waals surface area contributed by atoms with Crippen LogP contribution < -0.4 is 19.3 Å². The van der Waals surface area contributed by atoms with Crippen molar-refractivity contribution in [3.8, 4) is 11.5 Å². The molecular weight excluding hydrogens is 621 g/mol. The molecule has 1 N–H and O–H groups in total. The Kier molecular flexibility index (Phi) is 9.60. The molecule has 0 spiro atoms. The highest BCUT2D eigenvalue weighted by Gasteiger charge is 2.36. The molecule has 2 heterocycles. The fourth-order valence-corrected chi connectivity index (χ4v) is 9.77. The lowest BCUT2D eigenvalue weighted by Gasteiger charge is -2.36. The molecule has 4 aromatic rings. The molecule has 0 amide bonds. The Bertz CT molecular complexity index is 1900. The van der Waals surface area contributed by atoms with Crippen LogP contribution in [0.25, 0.3) is 10.8 Å². The van der Waals surface area contributed by atoms with Gasteiger partial charge in [-0.25, -0.2) is 0 Å². The van der Waals surface area contributed by atoms with Crippen molar-refractivity contribution in [2.75, 3.05) is 24.6 Å². The van der Waals surface area contributed by atoms with Crippen molar-refractivity contribution in [2.24, 2.45) is 11.3 Å². The maximum atomic E-state index is 6.64. The van der Waals surface area contributed by atoms with Crippen LogP contribution in [-0.4, -0.2) is 31.3 Å². The Morgan fingerprint density at radius 2 is 1.71 bits per heavy atom. The van der Waals surface area contributed by atoms with Crippen LogP contribution in [0.1, 0.15) is 68.7 Å². The lowest BCUT2D eigenvalue weighted by molar-refractivity contribution is -0.833. The Morgan fingerprint density at radius 3 is 2.55 bits per heavy atom. The average molecular weight is 674 g/mol. The number of allylic oxidation sites excluding steroid dienone is 2.